The third-order valence-electron chi connectivity index (χ3n) is 4.62. The lowest BCUT2D eigenvalue weighted by molar-refractivity contribution is -0.192. The van der Waals surface area contributed by atoms with Gasteiger partial charge < -0.3 is 24.6 Å². The van der Waals surface area contributed by atoms with Crippen LogP contribution in [0.4, 0.5) is 0 Å². The minimum atomic E-state index is -4.62. The zero-order valence-electron chi connectivity index (χ0n) is 17.1. The summed E-state index contributed by atoms with van der Waals surface area (Å²) in [6.07, 6.45) is 8.83. The number of aromatic nitrogens is 1. The van der Waals surface area contributed by atoms with Gasteiger partial charge in [-0.3, -0.25) is 23.9 Å². The van der Waals surface area contributed by atoms with Gasteiger partial charge in [-0.2, -0.15) is 5.06 Å². The van der Waals surface area contributed by atoms with Crippen molar-refractivity contribution in [3.05, 3.63) is 41.2 Å². The highest BCUT2D eigenvalue weighted by Gasteiger charge is 2.34. The Kier molecular flexibility index (Phi) is 7.84. The molecular formula is C19H20N3O9PS. The van der Waals surface area contributed by atoms with E-state index in [1.165, 1.54) is 6.20 Å². The van der Waals surface area contributed by atoms with Crippen LogP contribution in [-0.2, 0) is 39.7 Å². The average molecular weight is 497 g/mol. The molecule has 0 aromatic carbocycles. The van der Waals surface area contributed by atoms with Gasteiger partial charge in [0.05, 0.1) is 17.7 Å². The lowest BCUT2D eigenvalue weighted by atomic mass is 9.90. The first-order chi connectivity index (χ1) is 15.6. The number of aldehydes is 1. The SMILES string of the molecule is O=CC1(CON2C(=O)CCC2=O)C=Cc2cc(COC(=S)NCOP(=O)(O)O)cnc2C=C1. The summed E-state index contributed by atoms with van der Waals surface area (Å²) in [4.78, 5) is 62.2. The highest BCUT2D eigenvalue weighted by Crippen LogP contribution is 2.34. The van der Waals surface area contributed by atoms with E-state index in [4.69, 9.17) is 31.6 Å². The molecule has 2 aliphatic rings. The summed E-state index contributed by atoms with van der Waals surface area (Å²) in [6.45, 7) is -0.744. The Hall–Kier alpha value is -2.80. The molecule has 3 N–H and O–H groups in total. The van der Waals surface area contributed by atoms with E-state index in [9.17, 15) is 18.9 Å². The van der Waals surface area contributed by atoms with Gasteiger partial charge in [-0.25, -0.2) is 4.57 Å². The molecular weight excluding hydrogens is 477 g/mol. The summed E-state index contributed by atoms with van der Waals surface area (Å²) in [5, 5.41) is 2.96. The molecule has 3 rings (SSSR count). The number of phosphoric acid groups is 1. The number of amides is 2. The number of fused-ring (bicyclic) bond motifs is 1. The number of nitrogens with zero attached hydrogens (tertiary/aromatic N) is 2. The predicted molar refractivity (Wildman–Crippen MR) is 116 cm³/mol. The zero-order chi connectivity index (χ0) is 24.1. The summed E-state index contributed by atoms with van der Waals surface area (Å²) < 4.78 is 20.1. The fourth-order valence-electron chi connectivity index (χ4n) is 2.88. The molecule has 14 heteroatoms. The number of hydrogen-bond acceptors (Lipinski definition) is 9. The predicted octanol–water partition coefficient (Wildman–Crippen LogP) is 0.845. The van der Waals surface area contributed by atoms with Gasteiger partial charge in [-0.05, 0) is 24.4 Å². The van der Waals surface area contributed by atoms with Crippen LogP contribution in [0.2, 0.25) is 0 Å². The van der Waals surface area contributed by atoms with Crippen molar-refractivity contribution in [1.29, 1.82) is 0 Å². The fraction of sp³-hybridized carbons (Fsp3) is 0.316. The number of hydrogen-bond donors (Lipinski definition) is 3. The van der Waals surface area contributed by atoms with E-state index in [2.05, 4.69) is 14.8 Å². The zero-order valence-corrected chi connectivity index (χ0v) is 18.8. The number of hydroxylamine groups is 2. The number of carbonyl (C=O) groups is 3. The Labute approximate surface area is 193 Å². The van der Waals surface area contributed by atoms with Gasteiger partial charge in [-0.1, -0.05) is 18.2 Å². The van der Waals surface area contributed by atoms with Crippen LogP contribution < -0.4 is 5.32 Å². The fourth-order valence-corrected chi connectivity index (χ4v) is 3.24. The molecule has 12 nitrogen and oxygen atoms in total. The molecule has 1 aliphatic heterocycles. The molecule has 0 spiro atoms. The van der Waals surface area contributed by atoms with Crippen molar-refractivity contribution in [2.24, 2.45) is 5.41 Å². The first kappa shape index (κ1) is 24.8. The average Bonchev–Trinajstić information content (AvgIpc) is 2.98. The normalized spacial score (nSPS) is 19.9. The lowest BCUT2D eigenvalue weighted by Crippen LogP contribution is -2.35. The maximum absolute atomic E-state index is 11.9. The molecule has 1 saturated heterocycles. The first-order valence-electron chi connectivity index (χ1n) is 9.54. The Bertz CT molecular complexity index is 1050. The summed E-state index contributed by atoms with van der Waals surface area (Å²) in [6, 6.07) is 1.76. The molecule has 176 valence electrons. The number of thiocarbonyl (C=S) groups is 1. The van der Waals surface area contributed by atoms with Gasteiger partial charge in [0.25, 0.3) is 17.0 Å². The van der Waals surface area contributed by atoms with Crippen molar-refractivity contribution in [2.75, 3.05) is 13.3 Å². The number of rotatable bonds is 9. The lowest BCUT2D eigenvalue weighted by Gasteiger charge is -2.22. The van der Waals surface area contributed by atoms with Gasteiger partial charge >= 0.3 is 7.82 Å². The van der Waals surface area contributed by atoms with E-state index in [1.807, 2.05) is 0 Å². The minimum absolute atomic E-state index is 0.0146. The molecule has 0 bridgehead atoms. The van der Waals surface area contributed by atoms with Crippen molar-refractivity contribution in [1.82, 2.24) is 15.4 Å². The van der Waals surface area contributed by atoms with E-state index in [0.29, 0.717) is 28.2 Å². The van der Waals surface area contributed by atoms with Crippen LogP contribution in [0.25, 0.3) is 12.2 Å². The second-order valence-corrected chi connectivity index (χ2v) is 8.70. The number of phosphoric ester groups is 1. The van der Waals surface area contributed by atoms with Gasteiger partial charge in [0, 0.05) is 30.2 Å². The Morgan fingerprint density at radius 2 is 1.97 bits per heavy atom. The molecule has 0 saturated carbocycles. The quantitative estimate of drug-likeness (QED) is 0.145. The molecule has 33 heavy (non-hydrogen) atoms. The maximum Gasteiger partial charge on any atom is 0.471 e. The summed E-state index contributed by atoms with van der Waals surface area (Å²) in [5.74, 6) is -0.893. The number of carbonyl (C=O) groups excluding carboxylic acids is 3. The van der Waals surface area contributed by atoms with Gasteiger partial charge in [-0.15, -0.1) is 0 Å². The Morgan fingerprint density at radius 1 is 1.27 bits per heavy atom. The molecule has 1 fully saturated rings. The Morgan fingerprint density at radius 3 is 2.64 bits per heavy atom. The smallest absolute Gasteiger partial charge is 0.466 e. The number of pyridine rings is 1. The van der Waals surface area contributed by atoms with Crippen molar-refractivity contribution in [3.63, 3.8) is 0 Å². The van der Waals surface area contributed by atoms with Gasteiger partial charge in [0.2, 0.25) is 0 Å². The van der Waals surface area contributed by atoms with Crippen LogP contribution in [0, 0.1) is 5.41 Å². The van der Waals surface area contributed by atoms with Crippen molar-refractivity contribution >= 4 is 55.5 Å². The van der Waals surface area contributed by atoms with Crippen LogP contribution in [0.3, 0.4) is 0 Å². The Balaban J connectivity index is 1.61. The summed E-state index contributed by atoms with van der Waals surface area (Å²) >= 11 is 4.90. The molecule has 2 amide bonds. The van der Waals surface area contributed by atoms with E-state index >= 15 is 0 Å². The highest BCUT2D eigenvalue weighted by molar-refractivity contribution is 7.80. The largest absolute Gasteiger partial charge is 0.471 e. The topological polar surface area (TPSA) is 165 Å². The first-order valence-corrected chi connectivity index (χ1v) is 11.5. The number of ether oxygens (including phenoxy) is 1. The van der Waals surface area contributed by atoms with Crippen LogP contribution >= 0.6 is 20.0 Å². The van der Waals surface area contributed by atoms with E-state index in [1.54, 1.807) is 30.4 Å². The highest BCUT2D eigenvalue weighted by atomic mass is 32.1. The second-order valence-electron chi connectivity index (χ2n) is 7.09. The van der Waals surface area contributed by atoms with Crippen molar-refractivity contribution in [3.8, 4) is 0 Å². The summed E-state index contributed by atoms with van der Waals surface area (Å²) in [7, 11) is -4.62. The van der Waals surface area contributed by atoms with E-state index < -0.39 is 31.8 Å². The summed E-state index contributed by atoms with van der Waals surface area (Å²) in [5.41, 5.74) is 0.677. The molecule has 1 aliphatic carbocycles. The molecule has 1 atom stereocenters. The molecule has 2 heterocycles. The molecule has 1 unspecified atom stereocenters. The molecule has 0 radical (unpaired) electrons. The van der Waals surface area contributed by atoms with Crippen LogP contribution in [0.1, 0.15) is 29.7 Å². The molecule has 1 aromatic heterocycles. The minimum Gasteiger partial charge on any atom is -0.466 e. The van der Waals surface area contributed by atoms with Crippen LogP contribution in [0.15, 0.2) is 24.4 Å². The van der Waals surface area contributed by atoms with Crippen molar-refractivity contribution in [2.45, 2.75) is 19.4 Å². The monoisotopic (exact) mass is 497 g/mol. The van der Waals surface area contributed by atoms with Crippen LogP contribution in [-0.4, -0.2) is 56.4 Å². The van der Waals surface area contributed by atoms with Gasteiger partial charge in [0.1, 0.15) is 19.6 Å². The molecule has 1 aromatic rings. The van der Waals surface area contributed by atoms with Crippen molar-refractivity contribution < 1.29 is 42.8 Å². The van der Waals surface area contributed by atoms with E-state index in [0.717, 1.165) is 0 Å². The van der Waals surface area contributed by atoms with E-state index in [-0.39, 0.29) is 31.2 Å². The third kappa shape index (κ3) is 6.84. The third-order valence-corrected chi connectivity index (χ3v) is 5.35. The maximum atomic E-state index is 11.9. The van der Waals surface area contributed by atoms with Crippen LogP contribution in [0.5, 0.6) is 0 Å². The number of imide groups is 1. The second kappa shape index (κ2) is 10.4. The number of nitrogens with one attached hydrogen (secondary N) is 1. The van der Waals surface area contributed by atoms with Gasteiger partial charge in [0.15, 0.2) is 0 Å². The standard InChI is InChI=1S/C19H20N3O9PS/c23-10-19(11-30-22-16(24)1-2-17(22)25)5-3-14-7-13(8-20-15(14)4-6-19)9-29-18(33)21-12-31-32(26,27)28/h3-8,10H,1-2,9,11-12H2,(H,21,33)(H2,26,27,28).